The third kappa shape index (κ3) is 5.69. The fraction of sp³-hybridized carbons (Fsp3) is 0.419. The molecule has 0 fully saturated rings. The van der Waals surface area contributed by atoms with Crippen molar-refractivity contribution < 1.29 is 14.7 Å². The molecule has 40 heavy (non-hydrogen) atoms. The molecule has 4 aliphatic rings. The zero-order valence-corrected chi connectivity index (χ0v) is 23.9. The van der Waals surface area contributed by atoms with E-state index in [1.54, 1.807) is 13.8 Å². The maximum atomic E-state index is 13.1. The lowest BCUT2D eigenvalue weighted by Crippen LogP contribution is -2.42. The predicted molar refractivity (Wildman–Crippen MR) is 160 cm³/mol. The van der Waals surface area contributed by atoms with Crippen molar-refractivity contribution in [2.45, 2.75) is 56.7 Å². The summed E-state index contributed by atoms with van der Waals surface area (Å²) in [5, 5.41) is 17.0. The number of likely N-dealkylation sites (N-methyl/N-ethyl adjacent to an activating group) is 1. The van der Waals surface area contributed by atoms with Gasteiger partial charge in [-0.3, -0.25) is 9.79 Å². The van der Waals surface area contributed by atoms with E-state index in [2.05, 4.69) is 15.6 Å². The number of aliphatic hydroxyl groups is 1. The number of benzene rings is 1. The number of rotatable bonds is 7. The minimum Gasteiger partial charge on any atom is -0.372 e. The average molecular weight is 562 g/mol. The molecule has 1 aromatic rings. The SMILES string of the molecule is CN(CC(O)Nc1ccc2c(c1)C[C@@]1(C2)C(=O)NC2=C1C=CCC=N2)C(=NC(C)(C)C=O)C1C=CC=CC(Cl)C1. The van der Waals surface area contributed by atoms with Gasteiger partial charge in [-0.25, -0.2) is 4.99 Å². The molecule has 0 bridgehead atoms. The Hall–Kier alpha value is -3.49. The van der Waals surface area contributed by atoms with Crippen molar-refractivity contribution in [1.82, 2.24) is 10.2 Å². The number of hydrogen-bond acceptors (Lipinski definition) is 6. The molecule has 0 radical (unpaired) electrons. The summed E-state index contributed by atoms with van der Waals surface area (Å²) in [5.41, 5.74) is 2.36. The molecule has 8 nitrogen and oxygen atoms in total. The van der Waals surface area contributed by atoms with Crippen molar-refractivity contribution in [1.29, 1.82) is 0 Å². The smallest absolute Gasteiger partial charge is 0.237 e. The number of amides is 1. The van der Waals surface area contributed by atoms with Crippen LogP contribution < -0.4 is 10.6 Å². The van der Waals surface area contributed by atoms with Crippen LogP contribution in [0.2, 0.25) is 0 Å². The summed E-state index contributed by atoms with van der Waals surface area (Å²) >= 11 is 6.46. The molecule has 9 heteroatoms. The molecule has 3 N–H and O–H groups in total. The van der Waals surface area contributed by atoms with Gasteiger partial charge in [0, 0.05) is 36.9 Å². The molecule has 210 valence electrons. The summed E-state index contributed by atoms with van der Waals surface area (Å²) in [4.78, 5) is 35.9. The van der Waals surface area contributed by atoms with Crippen LogP contribution in [-0.4, -0.2) is 65.0 Å². The Labute approximate surface area is 240 Å². The molecule has 4 atom stereocenters. The maximum absolute atomic E-state index is 13.1. The summed E-state index contributed by atoms with van der Waals surface area (Å²) < 4.78 is 0. The number of nitrogens with zero attached hydrogens (tertiary/aromatic N) is 3. The third-order valence-corrected chi connectivity index (χ3v) is 8.15. The van der Waals surface area contributed by atoms with E-state index in [1.807, 2.05) is 72.8 Å². The maximum Gasteiger partial charge on any atom is 0.237 e. The van der Waals surface area contributed by atoms with Gasteiger partial charge in [-0.2, -0.15) is 0 Å². The first kappa shape index (κ1) is 28.1. The Morgan fingerprint density at radius 1 is 1.32 bits per heavy atom. The van der Waals surface area contributed by atoms with Crippen molar-refractivity contribution >= 4 is 41.5 Å². The number of fused-ring (bicyclic) bond motifs is 2. The number of hydrogen-bond donors (Lipinski definition) is 3. The highest BCUT2D eigenvalue weighted by atomic mass is 35.5. The summed E-state index contributed by atoms with van der Waals surface area (Å²) in [5.74, 6) is 1.22. The number of aliphatic hydroxyl groups excluding tert-OH is 1. The molecular weight excluding hydrogens is 526 g/mol. The molecule has 2 aliphatic carbocycles. The van der Waals surface area contributed by atoms with Crippen molar-refractivity contribution in [3.63, 3.8) is 0 Å². The number of allylic oxidation sites excluding steroid dienone is 5. The second-order valence-corrected chi connectivity index (χ2v) is 12.1. The largest absolute Gasteiger partial charge is 0.372 e. The van der Waals surface area contributed by atoms with Gasteiger partial charge >= 0.3 is 0 Å². The van der Waals surface area contributed by atoms with Crippen LogP contribution in [0.1, 0.15) is 37.8 Å². The van der Waals surface area contributed by atoms with Crippen molar-refractivity contribution in [3.05, 3.63) is 77.2 Å². The molecule has 5 rings (SSSR count). The summed E-state index contributed by atoms with van der Waals surface area (Å²) in [7, 11) is 1.86. The number of halogens is 1. The molecule has 2 heterocycles. The minimum atomic E-state index is -0.911. The van der Waals surface area contributed by atoms with Crippen molar-refractivity contribution in [2.24, 2.45) is 21.3 Å². The van der Waals surface area contributed by atoms with E-state index in [1.165, 1.54) is 0 Å². The van der Waals surface area contributed by atoms with Gasteiger partial charge in [0.05, 0.1) is 17.3 Å². The molecular formula is C31H36ClN5O3. The minimum absolute atomic E-state index is 0.0134. The Kier molecular flexibility index (Phi) is 7.84. The lowest BCUT2D eigenvalue weighted by molar-refractivity contribution is -0.126. The van der Waals surface area contributed by atoms with E-state index in [0.717, 1.165) is 35.1 Å². The normalized spacial score (nSPS) is 26.3. The first-order chi connectivity index (χ1) is 19.1. The van der Waals surface area contributed by atoms with Crippen LogP contribution in [0.15, 0.2) is 76.0 Å². The number of alkyl halides is 1. The van der Waals surface area contributed by atoms with Gasteiger partial charge in [-0.1, -0.05) is 42.5 Å². The fourth-order valence-corrected chi connectivity index (χ4v) is 6.10. The molecule has 3 unspecified atom stereocenters. The van der Waals surface area contributed by atoms with Gasteiger partial charge in [0.25, 0.3) is 0 Å². The number of anilines is 1. The van der Waals surface area contributed by atoms with Gasteiger partial charge in [-0.05, 0) is 56.4 Å². The molecule has 1 spiro atoms. The third-order valence-electron chi connectivity index (χ3n) is 7.82. The predicted octanol–water partition coefficient (Wildman–Crippen LogP) is 3.92. The van der Waals surface area contributed by atoms with E-state index in [0.29, 0.717) is 30.9 Å². The van der Waals surface area contributed by atoms with Crippen LogP contribution in [0.25, 0.3) is 0 Å². The van der Waals surface area contributed by atoms with E-state index in [-0.39, 0.29) is 23.7 Å². The van der Waals surface area contributed by atoms with Gasteiger partial charge < -0.3 is 25.4 Å². The second-order valence-electron chi connectivity index (χ2n) is 11.5. The number of aldehydes is 1. The summed E-state index contributed by atoms with van der Waals surface area (Å²) in [6.07, 6.45) is 16.2. The number of nitrogens with one attached hydrogen (secondary N) is 2. The first-order valence-electron chi connectivity index (χ1n) is 13.7. The van der Waals surface area contributed by atoms with Crippen LogP contribution in [0.5, 0.6) is 0 Å². The van der Waals surface area contributed by atoms with E-state index < -0.39 is 17.2 Å². The van der Waals surface area contributed by atoms with Gasteiger partial charge in [0.2, 0.25) is 5.91 Å². The lowest BCUT2D eigenvalue weighted by atomic mass is 9.78. The van der Waals surface area contributed by atoms with Gasteiger partial charge in [0.1, 0.15) is 29.7 Å². The number of amidine groups is 1. The Morgan fingerprint density at radius 2 is 2.10 bits per heavy atom. The van der Waals surface area contributed by atoms with E-state index in [4.69, 9.17) is 16.6 Å². The highest BCUT2D eigenvalue weighted by Gasteiger charge is 2.51. The molecule has 1 aromatic carbocycles. The van der Waals surface area contributed by atoms with E-state index >= 15 is 0 Å². The Bertz CT molecular complexity index is 1370. The van der Waals surface area contributed by atoms with Crippen LogP contribution in [0.3, 0.4) is 0 Å². The van der Waals surface area contributed by atoms with Crippen LogP contribution in [-0.2, 0) is 22.4 Å². The molecule has 1 amide bonds. The molecule has 0 saturated heterocycles. The quantitative estimate of drug-likeness (QED) is 0.154. The number of aliphatic imine (C=N–C) groups is 2. The Morgan fingerprint density at radius 3 is 2.90 bits per heavy atom. The number of carbonyl (C=O) groups is 2. The molecule has 2 aliphatic heterocycles. The lowest BCUT2D eigenvalue weighted by Gasteiger charge is -2.31. The molecule has 0 saturated carbocycles. The zero-order valence-electron chi connectivity index (χ0n) is 23.1. The van der Waals surface area contributed by atoms with Gasteiger partial charge in [-0.15, -0.1) is 11.6 Å². The van der Waals surface area contributed by atoms with Crippen LogP contribution >= 0.6 is 11.6 Å². The highest BCUT2D eigenvalue weighted by Crippen LogP contribution is 2.48. The van der Waals surface area contributed by atoms with Crippen molar-refractivity contribution in [3.8, 4) is 0 Å². The van der Waals surface area contributed by atoms with E-state index in [9.17, 15) is 14.7 Å². The van der Waals surface area contributed by atoms with Crippen LogP contribution in [0, 0.1) is 11.3 Å². The fourth-order valence-electron chi connectivity index (χ4n) is 5.83. The second kappa shape index (κ2) is 11.2. The monoisotopic (exact) mass is 561 g/mol. The highest BCUT2D eigenvalue weighted by molar-refractivity contribution is 6.22. The topological polar surface area (TPSA) is 106 Å². The first-order valence-corrected chi connectivity index (χ1v) is 14.1. The summed E-state index contributed by atoms with van der Waals surface area (Å²) in [6.45, 7) is 3.76. The zero-order chi connectivity index (χ0) is 28.5. The van der Waals surface area contributed by atoms with Gasteiger partial charge in [0.15, 0.2) is 0 Å². The Balaban J connectivity index is 1.30. The molecule has 0 aromatic heterocycles. The summed E-state index contributed by atoms with van der Waals surface area (Å²) in [6, 6.07) is 5.99. The van der Waals surface area contributed by atoms with Crippen molar-refractivity contribution in [2.75, 3.05) is 18.9 Å². The standard InChI is InChI=1S/C31H36ClN5O3/c1-30(2,19-38)36-28(20-8-4-5-9-23(32)14-20)37(3)18-26(39)34-24-12-11-21-16-31(17-22(21)15-24)25-10-6-7-13-33-27(25)35-29(31)40/h4-6,8-13,15,19-20,23,26,34,39H,7,14,16-18H2,1-3H3,(H,35,40)/t20?,23?,26?,31-/m1/s1. The average Bonchev–Trinajstić information content (AvgIpc) is 3.15. The van der Waals surface area contributed by atoms with Crippen LogP contribution in [0.4, 0.5) is 5.69 Å². The number of carbonyl (C=O) groups excluding carboxylic acids is 2.